The summed E-state index contributed by atoms with van der Waals surface area (Å²) in [6, 6.07) is 13.3. The number of hydrogen-bond acceptors (Lipinski definition) is 4. The van der Waals surface area contributed by atoms with Crippen molar-refractivity contribution in [3.63, 3.8) is 0 Å². The van der Waals surface area contributed by atoms with E-state index in [1.807, 2.05) is 0 Å². The van der Waals surface area contributed by atoms with Gasteiger partial charge in [-0.2, -0.15) is 0 Å². The minimum Gasteiger partial charge on any atom is -0.367 e. The van der Waals surface area contributed by atoms with E-state index in [4.69, 9.17) is 5.73 Å². The highest BCUT2D eigenvalue weighted by molar-refractivity contribution is 5.96. The van der Waals surface area contributed by atoms with Crippen molar-refractivity contribution in [1.82, 2.24) is 5.32 Å². The molecule has 24 heavy (non-hydrogen) atoms. The largest absolute Gasteiger partial charge is 0.367 e. The van der Waals surface area contributed by atoms with Crippen molar-refractivity contribution >= 4 is 23.3 Å². The summed E-state index contributed by atoms with van der Waals surface area (Å²) >= 11 is 0. The molecule has 0 bridgehead atoms. The van der Waals surface area contributed by atoms with Crippen molar-refractivity contribution in [2.45, 2.75) is 12.5 Å². The van der Waals surface area contributed by atoms with E-state index in [1.165, 1.54) is 31.2 Å². The third-order valence-electron chi connectivity index (χ3n) is 3.52. The van der Waals surface area contributed by atoms with E-state index < -0.39 is 22.4 Å². The second-order valence-corrected chi connectivity index (χ2v) is 5.24. The van der Waals surface area contributed by atoms with Gasteiger partial charge in [0.05, 0.1) is 4.92 Å². The van der Waals surface area contributed by atoms with Crippen molar-refractivity contribution in [3.05, 3.63) is 70.3 Å². The van der Waals surface area contributed by atoms with Gasteiger partial charge in [0.1, 0.15) is 5.54 Å². The molecule has 124 valence electrons. The molecule has 0 saturated heterocycles. The van der Waals surface area contributed by atoms with Crippen LogP contribution in [0.25, 0.3) is 0 Å². The molecule has 0 aromatic heterocycles. The van der Waals surface area contributed by atoms with Crippen LogP contribution < -0.4 is 16.4 Å². The van der Waals surface area contributed by atoms with Gasteiger partial charge in [-0.05, 0) is 18.6 Å². The molecule has 0 aliphatic rings. The molecule has 0 aliphatic heterocycles. The van der Waals surface area contributed by atoms with Crippen LogP contribution in [0.15, 0.2) is 54.6 Å². The highest BCUT2D eigenvalue weighted by Gasteiger charge is 2.34. The first-order chi connectivity index (χ1) is 11.3. The highest BCUT2D eigenvalue weighted by Crippen LogP contribution is 2.21. The molecular weight excluding hydrogens is 312 g/mol. The van der Waals surface area contributed by atoms with Gasteiger partial charge in [-0.1, -0.05) is 36.4 Å². The van der Waals surface area contributed by atoms with E-state index in [-0.39, 0.29) is 11.4 Å². The molecule has 0 fully saturated rings. The topological polar surface area (TPSA) is 127 Å². The van der Waals surface area contributed by atoms with Crippen LogP contribution in [0.3, 0.4) is 0 Å². The predicted octanol–water partition coefficient (Wildman–Crippen LogP) is 2.12. The smallest absolute Gasteiger partial charge is 0.320 e. The Morgan fingerprint density at radius 1 is 1.12 bits per heavy atom. The number of primary amides is 1. The molecule has 1 atom stereocenters. The average Bonchev–Trinajstić information content (AvgIpc) is 2.55. The molecular formula is C16H16N4O4. The second-order valence-electron chi connectivity index (χ2n) is 5.24. The lowest BCUT2D eigenvalue weighted by Crippen LogP contribution is -2.53. The molecule has 0 aliphatic carbocycles. The van der Waals surface area contributed by atoms with Crippen LogP contribution in [0.5, 0.6) is 0 Å². The summed E-state index contributed by atoms with van der Waals surface area (Å²) in [5.74, 6) is -0.733. The molecule has 0 saturated carbocycles. The fourth-order valence-electron chi connectivity index (χ4n) is 2.13. The quantitative estimate of drug-likeness (QED) is 0.573. The molecule has 2 aromatic carbocycles. The Bertz CT molecular complexity index is 779. The summed E-state index contributed by atoms with van der Waals surface area (Å²) in [4.78, 5) is 34.2. The number of hydrogen-bond donors (Lipinski definition) is 3. The Balaban J connectivity index is 2.19. The SMILES string of the molecule is C[C@@](NC(=O)Nc1cccc([N+](=O)[O-])c1)(C(N)=O)c1ccccc1. The summed E-state index contributed by atoms with van der Waals surface area (Å²) in [6.07, 6.45) is 0. The van der Waals surface area contributed by atoms with Gasteiger partial charge >= 0.3 is 6.03 Å². The van der Waals surface area contributed by atoms with E-state index in [0.29, 0.717) is 5.56 Å². The zero-order valence-corrected chi connectivity index (χ0v) is 12.9. The number of non-ortho nitro benzene ring substituents is 1. The lowest BCUT2D eigenvalue weighted by molar-refractivity contribution is -0.384. The van der Waals surface area contributed by atoms with Gasteiger partial charge in [0, 0.05) is 17.8 Å². The zero-order chi connectivity index (χ0) is 17.7. The molecule has 2 aromatic rings. The molecule has 8 heteroatoms. The molecule has 4 N–H and O–H groups in total. The van der Waals surface area contributed by atoms with Crippen molar-refractivity contribution in [3.8, 4) is 0 Å². The highest BCUT2D eigenvalue weighted by atomic mass is 16.6. The lowest BCUT2D eigenvalue weighted by Gasteiger charge is -2.28. The maximum atomic E-state index is 12.2. The monoisotopic (exact) mass is 328 g/mol. The maximum absolute atomic E-state index is 12.2. The first-order valence-electron chi connectivity index (χ1n) is 7.02. The normalized spacial score (nSPS) is 12.7. The molecule has 0 heterocycles. The number of nitrogens with two attached hydrogens (primary N) is 1. The van der Waals surface area contributed by atoms with Gasteiger partial charge in [0.15, 0.2) is 0 Å². The molecule has 2 rings (SSSR count). The average molecular weight is 328 g/mol. The molecule has 3 amide bonds. The zero-order valence-electron chi connectivity index (χ0n) is 12.9. The van der Waals surface area contributed by atoms with Gasteiger partial charge in [-0.25, -0.2) is 4.79 Å². The third-order valence-corrected chi connectivity index (χ3v) is 3.52. The van der Waals surface area contributed by atoms with Gasteiger partial charge in [0.2, 0.25) is 5.91 Å². The molecule has 0 unspecified atom stereocenters. The van der Waals surface area contributed by atoms with E-state index in [1.54, 1.807) is 30.3 Å². The number of rotatable bonds is 5. The van der Waals surface area contributed by atoms with Gasteiger partial charge < -0.3 is 16.4 Å². The van der Waals surface area contributed by atoms with Crippen molar-refractivity contribution in [2.75, 3.05) is 5.32 Å². The van der Waals surface area contributed by atoms with Crippen molar-refractivity contribution < 1.29 is 14.5 Å². The van der Waals surface area contributed by atoms with E-state index in [0.717, 1.165) is 0 Å². The lowest BCUT2D eigenvalue weighted by atomic mass is 9.91. The number of urea groups is 1. The Morgan fingerprint density at radius 2 is 1.79 bits per heavy atom. The number of carbonyl (C=O) groups excluding carboxylic acids is 2. The maximum Gasteiger partial charge on any atom is 0.320 e. The fourth-order valence-corrected chi connectivity index (χ4v) is 2.13. The van der Waals surface area contributed by atoms with Crippen LogP contribution in [0, 0.1) is 10.1 Å². The van der Waals surface area contributed by atoms with Crippen LogP contribution in [-0.2, 0) is 10.3 Å². The summed E-state index contributed by atoms with van der Waals surface area (Å²) < 4.78 is 0. The van der Waals surface area contributed by atoms with Crippen molar-refractivity contribution in [2.24, 2.45) is 5.73 Å². The second kappa shape index (κ2) is 6.78. The Labute approximate surface area is 137 Å². The summed E-state index contributed by atoms with van der Waals surface area (Å²) in [7, 11) is 0. The molecule has 0 spiro atoms. The molecule has 0 radical (unpaired) electrons. The molecule has 8 nitrogen and oxygen atoms in total. The first kappa shape index (κ1) is 16.9. The van der Waals surface area contributed by atoms with Crippen LogP contribution in [-0.4, -0.2) is 16.9 Å². The minimum atomic E-state index is -1.42. The standard InChI is InChI=1S/C16H16N4O4/c1-16(14(17)21,11-6-3-2-4-7-11)19-15(22)18-12-8-5-9-13(10-12)20(23)24/h2-10H,1H3,(H2,17,21)(H2,18,19,22)/t16-/m0/s1. The van der Waals surface area contributed by atoms with Crippen LogP contribution >= 0.6 is 0 Å². The third kappa shape index (κ3) is 3.67. The Kier molecular flexibility index (Phi) is 4.78. The number of nitrogens with zero attached hydrogens (tertiary/aromatic N) is 1. The number of nitrogens with one attached hydrogen (secondary N) is 2. The first-order valence-corrected chi connectivity index (χ1v) is 7.02. The number of amides is 3. The number of anilines is 1. The fraction of sp³-hybridized carbons (Fsp3) is 0.125. The predicted molar refractivity (Wildman–Crippen MR) is 88.2 cm³/mol. The van der Waals surface area contributed by atoms with Gasteiger partial charge in [-0.3, -0.25) is 14.9 Å². The van der Waals surface area contributed by atoms with E-state index in [2.05, 4.69) is 10.6 Å². The minimum absolute atomic E-state index is 0.159. The summed E-state index contributed by atoms with van der Waals surface area (Å²) in [5.41, 5.74) is 4.60. The number of nitro benzene ring substituents is 1. The van der Waals surface area contributed by atoms with Crippen molar-refractivity contribution in [1.29, 1.82) is 0 Å². The number of carbonyl (C=O) groups is 2. The Hall–Kier alpha value is -3.42. The van der Waals surface area contributed by atoms with E-state index in [9.17, 15) is 19.7 Å². The van der Waals surface area contributed by atoms with Crippen LogP contribution in [0.2, 0.25) is 0 Å². The van der Waals surface area contributed by atoms with E-state index >= 15 is 0 Å². The van der Waals surface area contributed by atoms with Crippen LogP contribution in [0.1, 0.15) is 12.5 Å². The van der Waals surface area contributed by atoms with Crippen LogP contribution in [0.4, 0.5) is 16.2 Å². The Morgan fingerprint density at radius 3 is 2.38 bits per heavy atom. The summed E-state index contributed by atoms with van der Waals surface area (Å²) in [5, 5.41) is 15.7. The number of benzene rings is 2. The summed E-state index contributed by atoms with van der Waals surface area (Å²) in [6.45, 7) is 1.48. The number of nitro groups is 1. The van der Waals surface area contributed by atoms with Gasteiger partial charge in [0.25, 0.3) is 5.69 Å². The van der Waals surface area contributed by atoms with Gasteiger partial charge in [-0.15, -0.1) is 0 Å².